The summed E-state index contributed by atoms with van der Waals surface area (Å²) in [7, 11) is 0. The Hall–Kier alpha value is -3.44. The Kier molecular flexibility index (Phi) is 5.01. The van der Waals surface area contributed by atoms with Crippen LogP contribution in [0.3, 0.4) is 0 Å². The number of aliphatic imine (C=N–C) groups is 1. The van der Waals surface area contributed by atoms with Gasteiger partial charge < -0.3 is 4.74 Å². The molecule has 0 bridgehead atoms. The van der Waals surface area contributed by atoms with Crippen molar-refractivity contribution in [3.05, 3.63) is 60.2 Å². The van der Waals surface area contributed by atoms with Gasteiger partial charge in [0.15, 0.2) is 6.04 Å². The maximum atomic E-state index is 8.84. The lowest BCUT2D eigenvalue weighted by Gasteiger charge is -2.05. The molecule has 0 radical (unpaired) electrons. The third-order valence-corrected chi connectivity index (χ3v) is 2.75. The van der Waals surface area contributed by atoms with Gasteiger partial charge in [0, 0.05) is 6.21 Å². The zero-order chi connectivity index (χ0) is 15.8. The second kappa shape index (κ2) is 7.37. The molecule has 0 saturated carbocycles. The maximum absolute atomic E-state index is 8.84. The summed E-state index contributed by atoms with van der Waals surface area (Å²) in [4.78, 5) is 3.92. The molecule has 2 aromatic carbocycles. The van der Waals surface area contributed by atoms with E-state index in [9.17, 15) is 0 Å². The number of ether oxygens (including phenoxy) is 1. The van der Waals surface area contributed by atoms with Crippen molar-refractivity contribution in [2.75, 3.05) is 0 Å². The van der Waals surface area contributed by atoms with Crippen LogP contribution in [-0.4, -0.2) is 18.0 Å². The number of nitrogens with zero attached hydrogens (tertiary/aromatic N) is 3. The first-order chi connectivity index (χ1) is 10.7. The van der Waals surface area contributed by atoms with E-state index in [4.69, 9.17) is 20.7 Å². The number of para-hydroxylation sites is 1. The summed E-state index contributed by atoms with van der Waals surface area (Å²) in [6.07, 6.45) is 1.46. The Bertz CT molecular complexity index is 752. The van der Waals surface area contributed by atoms with Crippen LogP contribution in [0, 0.1) is 28.1 Å². The molecule has 0 aliphatic rings. The normalized spacial score (nSPS) is 11.4. The number of rotatable bonds is 5. The molecule has 0 aliphatic heterocycles. The van der Waals surface area contributed by atoms with Gasteiger partial charge in [-0.3, -0.25) is 10.4 Å². The second-order valence-corrected chi connectivity index (χ2v) is 4.32. The largest absolute Gasteiger partial charge is 0.457 e. The molecule has 2 rings (SSSR count). The predicted molar refractivity (Wildman–Crippen MR) is 83.3 cm³/mol. The van der Waals surface area contributed by atoms with Crippen LogP contribution in [0.5, 0.6) is 11.5 Å². The Morgan fingerprint density at radius 2 is 1.68 bits per heavy atom. The molecule has 22 heavy (non-hydrogen) atoms. The van der Waals surface area contributed by atoms with E-state index < -0.39 is 6.04 Å². The topological polar surface area (TPSA) is 93.0 Å². The van der Waals surface area contributed by atoms with Crippen LogP contribution >= 0.6 is 0 Å². The van der Waals surface area contributed by atoms with E-state index in [1.54, 1.807) is 36.4 Å². The SMILES string of the molecule is N#CC(=N)C(C#N)N=Cc1ccc(Oc2ccccc2)cc1. The third kappa shape index (κ3) is 4.03. The van der Waals surface area contributed by atoms with Gasteiger partial charge >= 0.3 is 0 Å². The number of hydrogen-bond acceptors (Lipinski definition) is 5. The van der Waals surface area contributed by atoms with Crippen molar-refractivity contribution in [1.29, 1.82) is 15.9 Å². The first-order valence-corrected chi connectivity index (χ1v) is 6.47. The molecular formula is C17H12N4O. The van der Waals surface area contributed by atoms with Crippen LogP contribution in [0.4, 0.5) is 0 Å². The summed E-state index contributed by atoms with van der Waals surface area (Å²) in [6, 6.07) is 18.9. The molecule has 1 N–H and O–H groups in total. The minimum atomic E-state index is -1.06. The fourth-order valence-electron chi connectivity index (χ4n) is 1.64. The van der Waals surface area contributed by atoms with Gasteiger partial charge in [-0.1, -0.05) is 18.2 Å². The molecule has 0 saturated heterocycles. The van der Waals surface area contributed by atoms with Crippen molar-refractivity contribution in [3.8, 4) is 23.6 Å². The van der Waals surface area contributed by atoms with Crippen molar-refractivity contribution < 1.29 is 4.74 Å². The fraction of sp³-hybridized carbons (Fsp3) is 0.0588. The second-order valence-electron chi connectivity index (χ2n) is 4.32. The van der Waals surface area contributed by atoms with E-state index in [0.29, 0.717) is 5.75 Å². The Labute approximate surface area is 128 Å². The van der Waals surface area contributed by atoms with Gasteiger partial charge in [-0.25, -0.2) is 0 Å². The van der Waals surface area contributed by atoms with Gasteiger partial charge in [-0.05, 0) is 42.0 Å². The van der Waals surface area contributed by atoms with Crippen LogP contribution in [0.1, 0.15) is 5.56 Å². The van der Waals surface area contributed by atoms with Crippen LogP contribution in [0.15, 0.2) is 59.6 Å². The number of hydrogen-bond donors (Lipinski definition) is 1. The zero-order valence-electron chi connectivity index (χ0n) is 11.6. The molecule has 0 heterocycles. The van der Waals surface area contributed by atoms with Gasteiger partial charge in [0.05, 0.1) is 6.07 Å². The molecule has 1 atom stereocenters. The van der Waals surface area contributed by atoms with E-state index in [1.807, 2.05) is 30.3 Å². The minimum absolute atomic E-state index is 0.372. The van der Waals surface area contributed by atoms with E-state index in [-0.39, 0.29) is 5.71 Å². The summed E-state index contributed by atoms with van der Waals surface area (Å²) in [5.74, 6) is 1.43. The Balaban J connectivity index is 2.05. The number of nitrogens with one attached hydrogen (secondary N) is 1. The van der Waals surface area contributed by atoms with Crippen LogP contribution in [0.25, 0.3) is 0 Å². The molecule has 0 aliphatic carbocycles. The molecule has 5 heteroatoms. The molecule has 0 aromatic heterocycles. The van der Waals surface area contributed by atoms with Crippen molar-refractivity contribution in [2.24, 2.45) is 4.99 Å². The molecule has 2 aromatic rings. The molecule has 106 valence electrons. The smallest absolute Gasteiger partial charge is 0.187 e. The van der Waals surface area contributed by atoms with Gasteiger partial charge in [-0.15, -0.1) is 0 Å². The van der Waals surface area contributed by atoms with Gasteiger partial charge in [0.1, 0.15) is 23.3 Å². The van der Waals surface area contributed by atoms with E-state index in [1.165, 1.54) is 6.21 Å². The molecule has 0 amide bonds. The van der Waals surface area contributed by atoms with Crippen LogP contribution in [-0.2, 0) is 0 Å². The monoisotopic (exact) mass is 288 g/mol. The molecule has 5 nitrogen and oxygen atoms in total. The van der Waals surface area contributed by atoms with Gasteiger partial charge in [0.25, 0.3) is 0 Å². The number of nitriles is 2. The molecule has 0 fully saturated rings. The highest BCUT2D eigenvalue weighted by atomic mass is 16.5. The number of benzene rings is 2. The summed E-state index contributed by atoms with van der Waals surface area (Å²) >= 11 is 0. The van der Waals surface area contributed by atoms with Crippen molar-refractivity contribution >= 4 is 11.9 Å². The highest BCUT2D eigenvalue weighted by molar-refractivity contribution is 6.03. The molecular weight excluding hydrogens is 276 g/mol. The first-order valence-electron chi connectivity index (χ1n) is 6.47. The summed E-state index contributed by atoms with van der Waals surface area (Å²) in [5.41, 5.74) is 0.384. The zero-order valence-corrected chi connectivity index (χ0v) is 11.6. The Morgan fingerprint density at radius 3 is 2.27 bits per heavy atom. The van der Waals surface area contributed by atoms with Crippen molar-refractivity contribution in [1.82, 2.24) is 0 Å². The van der Waals surface area contributed by atoms with Crippen molar-refractivity contribution in [2.45, 2.75) is 6.04 Å². The van der Waals surface area contributed by atoms with Crippen LogP contribution < -0.4 is 4.74 Å². The lowest BCUT2D eigenvalue weighted by Crippen LogP contribution is -2.13. The standard InChI is InChI=1S/C17H12N4O/c18-10-16(20)17(11-19)21-12-13-6-8-15(9-7-13)22-14-4-2-1-3-5-14/h1-9,12,17,20H. The van der Waals surface area contributed by atoms with Gasteiger partial charge in [0.2, 0.25) is 0 Å². The Morgan fingerprint density at radius 1 is 1.05 bits per heavy atom. The third-order valence-electron chi connectivity index (χ3n) is 2.75. The highest BCUT2D eigenvalue weighted by Gasteiger charge is 2.09. The molecule has 0 spiro atoms. The maximum Gasteiger partial charge on any atom is 0.187 e. The van der Waals surface area contributed by atoms with Crippen molar-refractivity contribution in [3.63, 3.8) is 0 Å². The fourth-order valence-corrected chi connectivity index (χ4v) is 1.64. The lowest BCUT2D eigenvalue weighted by molar-refractivity contribution is 0.482. The minimum Gasteiger partial charge on any atom is -0.457 e. The highest BCUT2D eigenvalue weighted by Crippen LogP contribution is 2.20. The average molecular weight is 288 g/mol. The predicted octanol–water partition coefficient (Wildman–Crippen LogP) is 3.33. The van der Waals surface area contributed by atoms with Gasteiger partial charge in [-0.2, -0.15) is 10.5 Å². The first kappa shape index (κ1) is 15.0. The molecule has 1 unspecified atom stereocenters. The quantitative estimate of drug-likeness (QED) is 0.855. The van der Waals surface area contributed by atoms with E-state index in [0.717, 1.165) is 11.3 Å². The van der Waals surface area contributed by atoms with Crippen LogP contribution in [0.2, 0.25) is 0 Å². The average Bonchev–Trinajstić information content (AvgIpc) is 2.57. The summed E-state index contributed by atoms with van der Waals surface area (Å²) in [6.45, 7) is 0. The van der Waals surface area contributed by atoms with E-state index >= 15 is 0 Å². The summed E-state index contributed by atoms with van der Waals surface area (Å²) < 4.78 is 5.66. The lowest BCUT2D eigenvalue weighted by atomic mass is 10.2. The summed E-state index contributed by atoms with van der Waals surface area (Å²) in [5, 5.41) is 24.7. The van der Waals surface area contributed by atoms with E-state index in [2.05, 4.69) is 4.99 Å².